The number of carbonyl (C=O) groups excluding carboxylic acids is 1. The molecule has 0 amide bonds. The lowest BCUT2D eigenvalue weighted by Crippen LogP contribution is -2.46. The first kappa shape index (κ1) is 24.6. The summed E-state index contributed by atoms with van der Waals surface area (Å²) in [6.45, 7) is 8.04. The Labute approximate surface area is 196 Å². The van der Waals surface area contributed by atoms with E-state index >= 15 is 0 Å². The summed E-state index contributed by atoms with van der Waals surface area (Å²) in [6, 6.07) is 16.4. The molecule has 0 fully saturated rings. The molecule has 1 aromatic heterocycles. The van der Waals surface area contributed by atoms with E-state index in [1.807, 2.05) is 18.2 Å². The van der Waals surface area contributed by atoms with Gasteiger partial charge < -0.3 is 4.74 Å². The smallest absolute Gasteiger partial charge is 0.323 e. The van der Waals surface area contributed by atoms with E-state index < -0.39 is 0 Å². The molecule has 0 aliphatic heterocycles. The van der Waals surface area contributed by atoms with Crippen molar-refractivity contribution >= 4 is 5.97 Å². The van der Waals surface area contributed by atoms with Gasteiger partial charge in [-0.1, -0.05) is 88.6 Å². The number of aromatic amines is 1. The van der Waals surface area contributed by atoms with Crippen molar-refractivity contribution in [3.8, 4) is 22.5 Å². The molecule has 1 N–H and O–H groups in total. The molecule has 0 bridgehead atoms. The van der Waals surface area contributed by atoms with Crippen molar-refractivity contribution in [2.24, 2.45) is 5.92 Å². The van der Waals surface area contributed by atoms with Crippen molar-refractivity contribution in [3.63, 3.8) is 0 Å². The van der Waals surface area contributed by atoms with Crippen molar-refractivity contribution < 1.29 is 9.53 Å². The Morgan fingerprint density at radius 3 is 2.39 bits per heavy atom. The number of nitrogens with zero attached hydrogens (tertiary/aromatic N) is 4. The Hall–Kier alpha value is -3.06. The van der Waals surface area contributed by atoms with Gasteiger partial charge >= 0.3 is 5.97 Å². The molecular weight excluding hydrogens is 414 g/mol. The molecule has 3 rings (SSSR count). The first-order valence-corrected chi connectivity index (χ1v) is 11.8. The van der Waals surface area contributed by atoms with E-state index in [2.05, 4.69) is 76.6 Å². The molecule has 176 valence electrons. The van der Waals surface area contributed by atoms with E-state index in [9.17, 15) is 4.79 Å². The quantitative estimate of drug-likeness (QED) is 0.305. The minimum Gasteiger partial charge on any atom is -0.468 e. The third-order valence-electron chi connectivity index (χ3n) is 6.25. The number of H-pyrrole nitrogens is 1. The average Bonchev–Trinajstić information content (AvgIpc) is 3.39. The minimum atomic E-state index is -0.240. The van der Waals surface area contributed by atoms with Crippen LogP contribution >= 0.6 is 0 Å². The third kappa shape index (κ3) is 6.26. The van der Waals surface area contributed by atoms with E-state index in [0.717, 1.165) is 48.9 Å². The van der Waals surface area contributed by atoms with Gasteiger partial charge in [0.2, 0.25) is 0 Å². The minimum absolute atomic E-state index is 0.146. The number of tetrazole rings is 1. The van der Waals surface area contributed by atoms with Crippen molar-refractivity contribution in [1.29, 1.82) is 0 Å². The van der Waals surface area contributed by atoms with Crippen LogP contribution in [0.4, 0.5) is 0 Å². The van der Waals surface area contributed by atoms with E-state index in [-0.39, 0.29) is 17.9 Å². The van der Waals surface area contributed by atoms with E-state index in [0.29, 0.717) is 12.4 Å². The highest BCUT2D eigenvalue weighted by atomic mass is 16.5. The highest BCUT2D eigenvalue weighted by Crippen LogP contribution is 2.30. The number of aromatic nitrogens is 4. The Bertz CT molecular complexity index is 988. The molecule has 0 unspecified atom stereocenters. The summed E-state index contributed by atoms with van der Waals surface area (Å²) in [4.78, 5) is 15.0. The molecule has 0 aliphatic carbocycles. The van der Waals surface area contributed by atoms with Gasteiger partial charge in [-0.15, -0.1) is 5.10 Å². The number of rotatable bonds is 12. The van der Waals surface area contributed by atoms with Crippen molar-refractivity contribution in [2.45, 2.75) is 59.0 Å². The van der Waals surface area contributed by atoms with Crippen molar-refractivity contribution in [3.05, 3.63) is 54.1 Å². The summed E-state index contributed by atoms with van der Waals surface area (Å²) in [5.41, 5.74) is 4.29. The lowest BCUT2D eigenvalue weighted by atomic mass is 9.95. The fraction of sp³-hybridized carbons (Fsp3) is 0.462. The maximum absolute atomic E-state index is 12.7. The standard InChI is InChI=1S/C26H35N5O2/c1-5-7-10-17-31(24(19(3)6-2)26(32)33-4)18-20-13-15-21(16-14-20)22-11-8-9-12-23(22)25-27-29-30-28-25/h8-9,11-16,19,24H,5-7,10,17-18H2,1-4H3,(H,27,28,29,30)/t19-,24-/m0/s1. The number of ether oxygens (including phenoxy) is 1. The second kappa shape index (κ2) is 12.3. The summed E-state index contributed by atoms with van der Waals surface area (Å²) in [5, 5.41) is 14.3. The maximum Gasteiger partial charge on any atom is 0.323 e. The van der Waals surface area contributed by atoms with Gasteiger partial charge in [-0.2, -0.15) is 0 Å². The van der Waals surface area contributed by atoms with E-state index in [4.69, 9.17) is 4.74 Å². The monoisotopic (exact) mass is 449 g/mol. The van der Waals surface area contributed by atoms with Gasteiger partial charge in [-0.05, 0) is 46.0 Å². The van der Waals surface area contributed by atoms with E-state index in [1.165, 1.54) is 12.7 Å². The highest BCUT2D eigenvalue weighted by Gasteiger charge is 2.31. The highest BCUT2D eigenvalue weighted by molar-refractivity contribution is 5.80. The van der Waals surface area contributed by atoms with Crippen LogP contribution in [0.5, 0.6) is 0 Å². The summed E-state index contributed by atoms with van der Waals surface area (Å²) >= 11 is 0. The SMILES string of the molecule is CCCCCN(Cc1ccc(-c2ccccc2-c2nnn[nH]2)cc1)[C@H](C(=O)OC)[C@@H](C)CC. The van der Waals surface area contributed by atoms with Crippen molar-refractivity contribution in [1.82, 2.24) is 25.5 Å². The summed E-state index contributed by atoms with van der Waals surface area (Å²) in [6.07, 6.45) is 4.29. The molecule has 7 heteroatoms. The fourth-order valence-electron chi connectivity index (χ4n) is 4.21. The number of hydrogen-bond acceptors (Lipinski definition) is 6. The molecule has 2 atom stereocenters. The molecule has 33 heavy (non-hydrogen) atoms. The molecular formula is C26H35N5O2. The molecule has 0 saturated carbocycles. The third-order valence-corrected chi connectivity index (χ3v) is 6.25. The van der Waals surface area contributed by atoms with E-state index in [1.54, 1.807) is 0 Å². The zero-order valence-electron chi connectivity index (χ0n) is 20.1. The number of methoxy groups -OCH3 is 1. The van der Waals surface area contributed by atoms with Gasteiger partial charge in [0, 0.05) is 12.1 Å². The Balaban J connectivity index is 1.84. The maximum atomic E-state index is 12.7. The zero-order chi connectivity index (χ0) is 23.6. The van der Waals surface area contributed by atoms with Gasteiger partial charge in [-0.3, -0.25) is 9.69 Å². The van der Waals surface area contributed by atoms with Gasteiger partial charge in [0.25, 0.3) is 0 Å². The lowest BCUT2D eigenvalue weighted by Gasteiger charge is -2.33. The predicted molar refractivity (Wildman–Crippen MR) is 130 cm³/mol. The molecule has 0 spiro atoms. The summed E-state index contributed by atoms with van der Waals surface area (Å²) < 4.78 is 5.19. The number of esters is 1. The summed E-state index contributed by atoms with van der Waals surface area (Å²) in [5.74, 6) is 0.721. The van der Waals surface area contributed by atoms with Crippen LogP contribution in [-0.4, -0.2) is 51.2 Å². The predicted octanol–water partition coefficient (Wildman–Crippen LogP) is 5.11. The molecule has 0 aliphatic rings. The van der Waals surface area contributed by atoms with Crippen LogP contribution in [0.1, 0.15) is 52.0 Å². The zero-order valence-corrected chi connectivity index (χ0v) is 20.1. The largest absolute Gasteiger partial charge is 0.468 e. The van der Waals surface area contributed by atoms with Crippen LogP contribution < -0.4 is 0 Å². The lowest BCUT2D eigenvalue weighted by molar-refractivity contribution is -0.149. The molecule has 3 aromatic rings. The summed E-state index contributed by atoms with van der Waals surface area (Å²) in [7, 11) is 1.48. The van der Waals surface area contributed by atoms with Crippen LogP contribution in [0.25, 0.3) is 22.5 Å². The first-order chi connectivity index (χ1) is 16.1. The van der Waals surface area contributed by atoms with Crippen LogP contribution in [0.3, 0.4) is 0 Å². The van der Waals surface area contributed by atoms with Crippen LogP contribution in [0.2, 0.25) is 0 Å². The number of unbranched alkanes of at least 4 members (excludes halogenated alkanes) is 2. The van der Waals surface area contributed by atoms with Gasteiger partial charge in [0.05, 0.1) is 7.11 Å². The molecule has 2 aromatic carbocycles. The second-order valence-corrected chi connectivity index (χ2v) is 8.52. The Kier molecular flexibility index (Phi) is 9.13. The van der Waals surface area contributed by atoms with Gasteiger partial charge in [0.15, 0.2) is 5.82 Å². The van der Waals surface area contributed by atoms with Crippen LogP contribution in [-0.2, 0) is 16.1 Å². The van der Waals surface area contributed by atoms with Crippen molar-refractivity contribution in [2.75, 3.05) is 13.7 Å². The number of benzene rings is 2. The van der Waals surface area contributed by atoms with Gasteiger partial charge in [0.1, 0.15) is 6.04 Å². The normalized spacial score (nSPS) is 13.1. The molecule has 0 saturated heterocycles. The molecule has 1 heterocycles. The fourth-order valence-corrected chi connectivity index (χ4v) is 4.21. The average molecular weight is 450 g/mol. The van der Waals surface area contributed by atoms with Gasteiger partial charge in [-0.25, -0.2) is 5.10 Å². The molecule has 7 nitrogen and oxygen atoms in total. The number of carbonyl (C=O) groups is 1. The number of hydrogen-bond donors (Lipinski definition) is 1. The second-order valence-electron chi connectivity index (χ2n) is 8.52. The topological polar surface area (TPSA) is 84.0 Å². The molecule has 0 radical (unpaired) electrons. The van der Waals surface area contributed by atoms with Crippen LogP contribution in [0, 0.1) is 5.92 Å². The number of nitrogens with one attached hydrogen (secondary N) is 1. The van der Waals surface area contributed by atoms with Crippen LogP contribution in [0.15, 0.2) is 48.5 Å². The Morgan fingerprint density at radius 2 is 1.79 bits per heavy atom. The first-order valence-electron chi connectivity index (χ1n) is 11.8. The Morgan fingerprint density at radius 1 is 1.06 bits per heavy atom.